The zero-order valence-electron chi connectivity index (χ0n) is 12.5. The van der Waals surface area contributed by atoms with Crippen molar-refractivity contribution in [3.05, 3.63) is 33.8 Å². The molecule has 0 aromatic carbocycles. The average Bonchev–Trinajstić information content (AvgIpc) is 2.95. The van der Waals surface area contributed by atoms with Crippen molar-refractivity contribution in [2.24, 2.45) is 7.05 Å². The minimum Gasteiger partial charge on any atom is -0.304 e. The predicted octanol–water partition coefficient (Wildman–Crippen LogP) is 2.80. The summed E-state index contributed by atoms with van der Waals surface area (Å²) in [6, 6.07) is 2.24. The summed E-state index contributed by atoms with van der Waals surface area (Å²) in [6.45, 7) is 8.14. The lowest BCUT2D eigenvalue weighted by Gasteiger charge is -2.20. The van der Waals surface area contributed by atoms with Crippen LogP contribution in [-0.2, 0) is 13.6 Å². The third kappa shape index (κ3) is 2.96. The van der Waals surface area contributed by atoms with E-state index in [-0.39, 0.29) is 6.04 Å². The van der Waals surface area contributed by atoms with Gasteiger partial charge in [0.15, 0.2) is 0 Å². The smallest absolute Gasteiger partial charge is 0.0930 e. The fourth-order valence-corrected chi connectivity index (χ4v) is 3.00. The highest BCUT2D eigenvalue weighted by atomic mass is 79.9. The van der Waals surface area contributed by atoms with Gasteiger partial charge in [0.1, 0.15) is 0 Å². The van der Waals surface area contributed by atoms with Crippen LogP contribution in [0.5, 0.6) is 0 Å². The van der Waals surface area contributed by atoms with Crippen LogP contribution >= 0.6 is 15.9 Å². The molecule has 110 valence electrons. The summed E-state index contributed by atoms with van der Waals surface area (Å²) >= 11 is 3.61. The first-order chi connectivity index (χ1) is 9.58. The molecule has 5 nitrogen and oxygen atoms in total. The molecule has 20 heavy (non-hydrogen) atoms. The first-order valence-electron chi connectivity index (χ1n) is 7.03. The first kappa shape index (κ1) is 15.3. The third-order valence-electron chi connectivity index (χ3n) is 3.34. The van der Waals surface area contributed by atoms with Crippen LogP contribution in [0.4, 0.5) is 0 Å². The molecule has 0 aliphatic carbocycles. The number of rotatable bonds is 6. The lowest BCUT2D eigenvalue weighted by atomic mass is 10.1. The maximum atomic E-state index is 4.56. The fourth-order valence-electron chi connectivity index (χ4n) is 2.43. The summed E-state index contributed by atoms with van der Waals surface area (Å²) in [6.07, 6.45) is 2.93. The van der Waals surface area contributed by atoms with Gasteiger partial charge in [0, 0.05) is 13.6 Å². The summed E-state index contributed by atoms with van der Waals surface area (Å²) in [5.41, 5.74) is 3.36. The molecule has 2 heterocycles. The van der Waals surface area contributed by atoms with E-state index in [1.165, 1.54) is 5.69 Å². The van der Waals surface area contributed by atoms with E-state index < -0.39 is 0 Å². The van der Waals surface area contributed by atoms with Crippen LogP contribution in [0.15, 0.2) is 16.7 Å². The highest BCUT2D eigenvalue weighted by molar-refractivity contribution is 9.10. The van der Waals surface area contributed by atoms with Gasteiger partial charge in [-0.1, -0.05) is 6.92 Å². The van der Waals surface area contributed by atoms with Crippen LogP contribution in [0.3, 0.4) is 0 Å². The van der Waals surface area contributed by atoms with E-state index in [1.54, 1.807) is 0 Å². The van der Waals surface area contributed by atoms with Gasteiger partial charge in [-0.05, 0) is 48.8 Å². The summed E-state index contributed by atoms with van der Waals surface area (Å²) in [4.78, 5) is 0. The van der Waals surface area contributed by atoms with Gasteiger partial charge in [0.25, 0.3) is 0 Å². The van der Waals surface area contributed by atoms with Gasteiger partial charge >= 0.3 is 0 Å². The molecular formula is C14H22BrN5. The Morgan fingerprint density at radius 2 is 2.15 bits per heavy atom. The van der Waals surface area contributed by atoms with Gasteiger partial charge in [0.05, 0.1) is 33.8 Å². The van der Waals surface area contributed by atoms with Crippen LogP contribution in [0.1, 0.15) is 43.4 Å². The minimum atomic E-state index is 0.0953. The van der Waals surface area contributed by atoms with E-state index in [4.69, 9.17) is 0 Å². The highest BCUT2D eigenvalue weighted by Gasteiger charge is 2.23. The molecule has 1 N–H and O–H groups in total. The van der Waals surface area contributed by atoms with Gasteiger partial charge in [-0.25, -0.2) is 0 Å². The fraction of sp³-hybridized carbons (Fsp3) is 0.571. The van der Waals surface area contributed by atoms with Gasteiger partial charge in [-0.15, -0.1) is 0 Å². The van der Waals surface area contributed by atoms with Gasteiger partial charge in [0.2, 0.25) is 0 Å². The molecule has 0 bridgehead atoms. The zero-order valence-corrected chi connectivity index (χ0v) is 14.1. The second-order valence-electron chi connectivity index (χ2n) is 4.91. The minimum absolute atomic E-state index is 0.0953. The van der Waals surface area contributed by atoms with Crippen LogP contribution in [-0.4, -0.2) is 26.1 Å². The van der Waals surface area contributed by atoms with E-state index in [9.17, 15) is 0 Å². The molecule has 0 radical (unpaired) electrons. The molecule has 1 unspecified atom stereocenters. The largest absolute Gasteiger partial charge is 0.304 e. The van der Waals surface area contributed by atoms with Crippen molar-refractivity contribution in [3.63, 3.8) is 0 Å². The van der Waals surface area contributed by atoms with Crippen molar-refractivity contribution in [2.45, 2.75) is 39.8 Å². The molecule has 0 aliphatic heterocycles. The van der Waals surface area contributed by atoms with E-state index >= 15 is 0 Å². The quantitative estimate of drug-likeness (QED) is 0.880. The topological polar surface area (TPSA) is 47.7 Å². The first-order valence-corrected chi connectivity index (χ1v) is 7.82. The Morgan fingerprint density at radius 3 is 2.70 bits per heavy atom. The third-order valence-corrected chi connectivity index (χ3v) is 3.95. The molecular weight excluding hydrogens is 318 g/mol. The maximum absolute atomic E-state index is 4.56. The van der Waals surface area contributed by atoms with Crippen LogP contribution in [0, 0.1) is 6.92 Å². The van der Waals surface area contributed by atoms with Crippen LogP contribution in [0.25, 0.3) is 0 Å². The molecule has 2 rings (SSSR count). The molecule has 0 spiro atoms. The summed E-state index contributed by atoms with van der Waals surface area (Å²) in [5, 5.41) is 12.5. The van der Waals surface area contributed by atoms with E-state index in [1.807, 2.05) is 24.9 Å². The van der Waals surface area contributed by atoms with Crippen molar-refractivity contribution >= 4 is 15.9 Å². The zero-order chi connectivity index (χ0) is 14.7. The predicted molar refractivity (Wildman–Crippen MR) is 83.7 cm³/mol. The number of nitrogens with zero attached hydrogens (tertiary/aromatic N) is 4. The van der Waals surface area contributed by atoms with Gasteiger partial charge in [-0.3, -0.25) is 9.36 Å². The molecule has 2 aromatic heterocycles. The van der Waals surface area contributed by atoms with E-state index in [2.05, 4.69) is 56.0 Å². The number of nitrogens with one attached hydrogen (secondary N) is 1. The normalized spacial score (nSPS) is 12.8. The molecule has 1 atom stereocenters. The Balaban J connectivity index is 2.47. The van der Waals surface area contributed by atoms with E-state index in [0.717, 1.165) is 35.4 Å². The molecule has 0 fully saturated rings. The Hall–Kier alpha value is -1.14. The standard InChI is InChI=1S/C14H22BrN5/c1-5-7-16-13(14-11(15)9-17-19(14)4)12-8-10(3)18-20(12)6-2/h8-9,13,16H,5-7H2,1-4H3. The number of hydrogen-bond acceptors (Lipinski definition) is 3. The average molecular weight is 340 g/mol. The summed E-state index contributed by atoms with van der Waals surface area (Å²) in [7, 11) is 1.97. The summed E-state index contributed by atoms with van der Waals surface area (Å²) < 4.78 is 5.00. The van der Waals surface area contributed by atoms with Gasteiger partial charge in [-0.2, -0.15) is 10.2 Å². The van der Waals surface area contributed by atoms with Crippen molar-refractivity contribution in [3.8, 4) is 0 Å². The highest BCUT2D eigenvalue weighted by Crippen LogP contribution is 2.28. The molecule has 2 aromatic rings. The Morgan fingerprint density at radius 1 is 1.40 bits per heavy atom. The van der Waals surface area contributed by atoms with Crippen LogP contribution < -0.4 is 5.32 Å². The van der Waals surface area contributed by atoms with Crippen LogP contribution in [0.2, 0.25) is 0 Å². The maximum Gasteiger partial charge on any atom is 0.0930 e. The molecule has 0 saturated heterocycles. The van der Waals surface area contributed by atoms with E-state index in [0.29, 0.717) is 0 Å². The Labute approximate surface area is 128 Å². The Kier molecular flexibility index (Phi) is 4.99. The monoisotopic (exact) mass is 339 g/mol. The second kappa shape index (κ2) is 6.54. The second-order valence-corrected chi connectivity index (χ2v) is 5.77. The van der Waals surface area contributed by atoms with Gasteiger partial charge < -0.3 is 5.32 Å². The van der Waals surface area contributed by atoms with Crippen molar-refractivity contribution in [2.75, 3.05) is 6.54 Å². The number of aryl methyl sites for hydroxylation is 3. The van der Waals surface area contributed by atoms with Crippen molar-refractivity contribution < 1.29 is 0 Å². The molecule has 6 heteroatoms. The number of hydrogen-bond donors (Lipinski definition) is 1. The lowest BCUT2D eigenvalue weighted by molar-refractivity contribution is 0.502. The molecule has 0 amide bonds. The lowest BCUT2D eigenvalue weighted by Crippen LogP contribution is -2.28. The number of aromatic nitrogens is 4. The Bertz CT molecular complexity index is 553. The summed E-state index contributed by atoms with van der Waals surface area (Å²) in [5.74, 6) is 0. The van der Waals surface area contributed by atoms with Crippen molar-refractivity contribution in [1.29, 1.82) is 0 Å². The SMILES string of the molecule is CCCNC(c1c(Br)cnn1C)c1cc(C)nn1CC. The van der Waals surface area contributed by atoms with Crippen molar-refractivity contribution in [1.82, 2.24) is 24.9 Å². The number of halogens is 1. The molecule has 0 aliphatic rings. The molecule has 0 saturated carbocycles.